The lowest BCUT2D eigenvalue weighted by Crippen LogP contribution is -2.40. The van der Waals surface area contributed by atoms with Crippen LogP contribution in [-0.2, 0) is 19.1 Å². The number of halogens is 1. The fraction of sp³-hybridized carbons (Fsp3) is 0.222. The van der Waals surface area contributed by atoms with Crippen LogP contribution < -0.4 is 24.4 Å². The van der Waals surface area contributed by atoms with Gasteiger partial charge in [-0.3, -0.25) is 19.0 Å². The first-order chi connectivity index (χ1) is 18.1. The highest BCUT2D eigenvalue weighted by atomic mass is 35.5. The second kappa shape index (κ2) is 11.2. The van der Waals surface area contributed by atoms with E-state index in [4.69, 9.17) is 25.8 Å². The van der Waals surface area contributed by atoms with Gasteiger partial charge < -0.3 is 14.2 Å². The molecule has 196 valence electrons. The van der Waals surface area contributed by atoms with E-state index in [1.54, 1.807) is 50.3 Å². The number of carbonyl (C=O) groups excluding carboxylic acids is 3. The van der Waals surface area contributed by atoms with E-state index in [-0.39, 0.29) is 28.2 Å². The Hall–Kier alpha value is -4.02. The Morgan fingerprint density at radius 3 is 2.47 bits per heavy atom. The fourth-order valence-electron chi connectivity index (χ4n) is 4.03. The normalized spacial score (nSPS) is 15.0. The number of thiazole rings is 1. The Kier molecular flexibility index (Phi) is 7.94. The molecule has 1 aliphatic heterocycles. The standard InChI is InChI=1S/C27H23ClN2O7S/c1-5-35-26(34)23-14(2)29-27-30(24(23)19-8-6-7-9-20(19)28)25(33)22(38-27)12-17-10-11-18(36-15(3)31)13-21(17)37-16(4)32/h6-13,24H,5H2,1-4H3/b22-12+/t24-/m0/s1. The minimum atomic E-state index is -0.861. The summed E-state index contributed by atoms with van der Waals surface area (Å²) in [5.41, 5.74) is 1.14. The molecule has 0 amide bonds. The highest BCUT2D eigenvalue weighted by Gasteiger charge is 2.34. The summed E-state index contributed by atoms with van der Waals surface area (Å²) in [6.07, 6.45) is 1.55. The molecule has 0 saturated carbocycles. The molecule has 9 nitrogen and oxygen atoms in total. The van der Waals surface area contributed by atoms with Crippen molar-refractivity contribution in [3.05, 3.63) is 89.6 Å². The maximum Gasteiger partial charge on any atom is 0.338 e. The predicted octanol–water partition coefficient (Wildman–Crippen LogP) is 3.30. The molecular formula is C27H23ClN2O7S. The first-order valence-corrected chi connectivity index (χ1v) is 12.7. The summed E-state index contributed by atoms with van der Waals surface area (Å²) >= 11 is 7.63. The number of hydrogen-bond donors (Lipinski definition) is 0. The number of fused-ring (bicyclic) bond motifs is 1. The summed E-state index contributed by atoms with van der Waals surface area (Å²) in [6.45, 7) is 6.01. The lowest BCUT2D eigenvalue weighted by Gasteiger charge is -2.25. The van der Waals surface area contributed by atoms with Gasteiger partial charge in [-0.25, -0.2) is 9.79 Å². The zero-order valence-electron chi connectivity index (χ0n) is 20.9. The number of benzene rings is 2. The molecule has 0 aliphatic carbocycles. The van der Waals surface area contributed by atoms with Gasteiger partial charge in [0.1, 0.15) is 17.5 Å². The molecule has 0 bridgehead atoms. The van der Waals surface area contributed by atoms with Gasteiger partial charge in [0.15, 0.2) is 4.80 Å². The van der Waals surface area contributed by atoms with Crippen molar-refractivity contribution in [2.24, 2.45) is 4.99 Å². The van der Waals surface area contributed by atoms with E-state index in [1.807, 2.05) is 0 Å². The smallest absolute Gasteiger partial charge is 0.338 e. The number of hydrogen-bond acceptors (Lipinski definition) is 9. The SMILES string of the molecule is CCOC(=O)C1=C(C)N=c2s/c(=C/c3ccc(OC(C)=O)cc3OC(C)=O)c(=O)n2[C@H]1c1ccccc1Cl. The molecule has 3 aromatic rings. The maximum atomic E-state index is 13.8. The highest BCUT2D eigenvalue weighted by Crippen LogP contribution is 2.34. The Morgan fingerprint density at radius 1 is 1.11 bits per heavy atom. The summed E-state index contributed by atoms with van der Waals surface area (Å²) in [6, 6.07) is 10.6. The van der Waals surface area contributed by atoms with E-state index in [0.29, 0.717) is 26.6 Å². The Labute approximate surface area is 226 Å². The van der Waals surface area contributed by atoms with Crippen molar-refractivity contribution in [2.45, 2.75) is 33.7 Å². The average Bonchev–Trinajstić information content (AvgIpc) is 3.14. The van der Waals surface area contributed by atoms with Gasteiger partial charge in [0.25, 0.3) is 5.56 Å². The lowest BCUT2D eigenvalue weighted by molar-refractivity contribution is -0.139. The molecular weight excluding hydrogens is 532 g/mol. The van der Waals surface area contributed by atoms with E-state index in [1.165, 1.54) is 30.5 Å². The van der Waals surface area contributed by atoms with Crippen molar-refractivity contribution in [1.29, 1.82) is 0 Å². The second-order valence-electron chi connectivity index (χ2n) is 8.21. The minimum Gasteiger partial charge on any atom is -0.463 e. The molecule has 2 heterocycles. The van der Waals surface area contributed by atoms with Crippen LogP contribution >= 0.6 is 22.9 Å². The third-order valence-electron chi connectivity index (χ3n) is 5.50. The largest absolute Gasteiger partial charge is 0.463 e. The van der Waals surface area contributed by atoms with E-state index < -0.39 is 29.5 Å². The number of ether oxygens (including phenoxy) is 3. The van der Waals surface area contributed by atoms with Crippen molar-refractivity contribution in [3.8, 4) is 11.5 Å². The third kappa shape index (κ3) is 5.46. The molecule has 0 saturated heterocycles. The van der Waals surface area contributed by atoms with E-state index in [0.717, 1.165) is 11.3 Å². The molecule has 4 rings (SSSR count). The molecule has 11 heteroatoms. The van der Waals surface area contributed by atoms with Gasteiger partial charge in [0.05, 0.1) is 22.4 Å². The Morgan fingerprint density at radius 2 is 1.82 bits per heavy atom. The summed E-state index contributed by atoms with van der Waals surface area (Å²) in [4.78, 5) is 54.7. The second-order valence-corrected chi connectivity index (χ2v) is 9.63. The molecule has 0 N–H and O–H groups in total. The van der Waals surface area contributed by atoms with Crippen LogP contribution in [0.4, 0.5) is 0 Å². The maximum absolute atomic E-state index is 13.8. The van der Waals surface area contributed by atoms with Gasteiger partial charge in [-0.1, -0.05) is 41.1 Å². The monoisotopic (exact) mass is 554 g/mol. The lowest BCUT2D eigenvalue weighted by atomic mass is 9.96. The molecule has 0 radical (unpaired) electrons. The summed E-state index contributed by atoms with van der Waals surface area (Å²) < 4.78 is 17.4. The summed E-state index contributed by atoms with van der Waals surface area (Å²) in [5, 5.41) is 0.377. The first-order valence-electron chi connectivity index (χ1n) is 11.6. The molecule has 0 fully saturated rings. The number of nitrogens with zero attached hydrogens (tertiary/aromatic N) is 2. The van der Waals surface area contributed by atoms with E-state index in [9.17, 15) is 19.2 Å². The third-order valence-corrected chi connectivity index (χ3v) is 6.83. The van der Waals surface area contributed by atoms with Gasteiger partial charge in [0, 0.05) is 30.5 Å². The van der Waals surface area contributed by atoms with Crippen LogP contribution in [0.5, 0.6) is 11.5 Å². The van der Waals surface area contributed by atoms with Crippen LogP contribution in [0.3, 0.4) is 0 Å². The molecule has 1 atom stereocenters. The quantitative estimate of drug-likeness (QED) is 0.339. The van der Waals surface area contributed by atoms with Gasteiger partial charge >= 0.3 is 17.9 Å². The van der Waals surface area contributed by atoms with E-state index in [2.05, 4.69) is 4.99 Å². The molecule has 0 unspecified atom stereocenters. The van der Waals surface area contributed by atoms with Crippen molar-refractivity contribution in [2.75, 3.05) is 6.61 Å². The van der Waals surface area contributed by atoms with Crippen LogP contribution in [0.2, 0.25) is 5.02 Å². The highest BCUT2D eigenvalue weighted by molar-refractivity contribution is 7.07. The van der Waals surface area contributed by atoms with Crippen molar-refractivity contribution < 1.29 is 28.6 Å². The Bertz CT molecular complexity index is 1670. The molecule has 1 aliphatic rings. The number of rotatable bonds is 6. The van der Waals surface area contributed by atoms with Crippen LogP contribution in [0.1, 0.15) is 44.9 Å². The minimum absolute atomic E-state index is 0.105. The summed E-state index contributed by atoms with van der Waals surface area (Å²) in [7, 11) is 0. The zero-order chi connectivity index (χ0) is 27.6. The van der Waals surface area contributed by atoms with Gasteiger partial charge in [-0.2, -0.15) is 0 Å². The van der Waals surface area contributed by atoms with Gasteiger partial charge in [-0.05, 0) is 43.7 Å². The summed E-state index contributed by atoms with van der Waals surface area (Å²) in [5.74, 6) is -1.43. The van der Waals surface area contributed by atoms with E-state index >= 15 is 0 Å². The van der Waals surface area contributed by atoms with Crippen LogP contribution in [-0.4, -0.2) is 29.1 Å². The topological polar surface area (TPSA) is 113 Å². The fourth-order valence-corrected chi connectivity index (χ4v) is 5.31. The predicted molar refractivity (Wildman–Crippen MR) is 141 cm³/mol. The number of esters is 3. The van der Waals surface area contributed by atoms with Gasteiger partial charge in [0.2, 0.25) is 0 Å². The van der Waals surface area contributed by atoms with Crippen molar-refractivity contribution in [3.63, 3.8) is 0 Å². The molecule has 38 heavy (non-hydrogen) atoms. The van der Waals surface area contributed by atoms with Crippen LogP contribution in [0.25, 0.3) is 6.08 Å². The van der Waals surface area contributed by atoms with Crippen LogP contribution in [0, 0.1) is 0 Å². The van der Waals surface area contributed by atoms with Crippen LogP contribution in [0.15, 0.2) is 63.5 Å². The Balaban J connectivity index is 1.94. The first kappa shape index (κ1) is 27.0. The van der Waals surface area contributed by atoms with Crippen molar-refractivity contribution in [1.82, 2.24) is 4.57 Å². The van der Waals surface area contributed by atoms with Crippen molar-refractivity contribution >= 4 is 46.9 Å². The van der Waals surface area contributed by atoms with Gasteiger partial charge in [-0.15, -0.1) is 0 Å². The molecule has 0 spiro atoms. The number of aromatic nitrogens is 1. The molecule has 2 aromatic carbocycles. The number of allylic oxidation sites excluding steroid dienone is 1. The number of carbonyl (C=O) groups is 3. The zero-order valence-corrected chi connectivity index (χ0v) is 22.5. The average molecular weight is 555 g/mol. The molecule has 1 aromatic heterocycles.